The quantitative estimate of drug-likeness (QED) is 0.437. The van der Waals surface area contributed by atoms with Crippen molar-refractivity contribution in [1.82, 2.24) is 4.98 Å². The van der Waals surface area contributed by atoms with Crippen molar-refractivity contribution in [2.45, 2.75) is 6.92 Å². The minimum Gasteiger partial charge on any atom is -0.493 e. The average molecular weight is 490 g/mol. The maximum atomic E-state index is 12.9. The maximum absolute atomic E-state index is 12.9. The van der Waals surface area contributed by atoms with Gasteiger partial charge in [0.25, 0.3) is 11.8 Å². The second-order valence-electron chi connectivity index (χ2n) is 6.48. The van der Waals surface area contributed by atoms with Gasteiger partial charge in [-0.2, -0.15) is 0 Å². The van der Waals surface area contributed by atoms with Gasteiger partial charge in [0.15, 0.2) is 23.2 Å². The lowest BCUT2D eigenvalue weighted by atomic mass is 10.1. The van der Waals surface area contributed by atoms with Crippen molar-refractivity contribution in [3.63, 3.8) is 0 Å². The molecular weight excluding hydrogens is 470 g/mol. The Labute approximate surface area is 198 Å². The molecule has 0 saturated carbocycles. The number of nitrogens with two attached hydrogens (primary N) is 1. The summed E-state index contributed by atoms with van der Waals surface area (Å²) in [5.74, 6) is -1.54. The Morgan fingerprint density at radius 2 is 1.91 bits per heavy atom. The van der Waals surface area contributed by atoms with Gasteiger partial charge in [0.1, 0.15) is 4.88 Å². The predicted molar refractivity (Wildman–Crippen MR) is 124 cm³/mol. The largest absolute Gasteiger partial charge is 0.493 e. The number of nitrogens with zero attached hydrogens (tertiary/aromatic N) is 1. The summed E-state index contributed by atoms with van der Waals surface area (Å²) in [7, 11) is 1.36. The lowest BCUT2D eigenvalue weighted by Gasteiger charge is -2.13. The summed E-state index contributed by atoms with van der Waals surface area (Å²) in [5, 5.41) is 2.92. The Morgan fingerprint density at radius 3 is 2.55 bits per heavy atom. The molecule has 1 aromatic heterocycles. The fourth-order valence-electron chi connectivity index (χ4n) is 2.80. The summed E-state index contributed by atoms with van der Waals surface area (Å²) in [6.07, 6.45) is 0. The number of nitrogens with one attached hydrogen (secondary N) is 1. The van der Waals surface area contributed by atoms with Crippen LogP contribution in [0.1, 0.15) is 27.0 Å². The lowest BCUT2D eigenvalue weighted by molar-refractivity contribution is -0.119. The number of carbonyl (C=O) groups is 3. The molecule has 11 heteroatoms. The molecule has 0 atom stereocenters. The van der Waals surface area contributed by atoms with Crippen LogP contribution in [-0.2, 0) is 9.53 Å². The molecule has 33 heavy (non-hydrogen) atoms. The number of thiazole rings is 1. The van der Waals surface area contributed by atoms with Crippen LogP contribution in [0.25, 0.3) is 11.3 Å². The van der Waals surface area contributed by atoms with Gasteiger partial charge in [-0.15, -0.1) is 0 Å². The van der Waals surface area contributed by atoms with E-state index in [0.717, 1.165) is 11.3 Å². The summed E-state index contributed by atoms with van der Waals surface area (Å²) < 4.78 is 15.6. The third kappa shape index (κ3) is 5.79. The zero-order chi connectivity index (χ0) is 24.0. The van der Waals surface area contributed by atoms with Crippen molar-refractivity contribution in [3.05, 3.63) is 57.9 Å². The number of hydrogen-bond donors (Lipinski definition) is 2. The predicted octanol–water partition coefficient (Wildman–Crippen LogP) is 3.77. The van der Waals surface area contributed by atoms with Crippen LogP contribution in [0.2, 0.25) is 5.02 Å². The van der Waals surface area contributed by atoms with Gasteiger partial charge < -0.3 is 19.9 Å². The van der Waals surface area contributed by atoms with Crippen molar-refractivity contribution in [1.29, 1.82) is 0 Å². The standard InChI is InChI=1S/C22H20ClN3O6S/c1-3-31-21(29)19-17(12-7-5-4-6-8-12)25-22(33-19)26-20(28)13-9-14(23)18(15(10-13)30-2)32-11-16(24)27/h4-10H,3,11H2,1-2H3,(H2,24,27)(H,25,26,28). The molecule has 2 amide bonds. The topological polar surface area (TPSA) is 130 Å². The number of rotatable bonds is 9. The molecule has 0 bridgehead atoms. The highest BCUT2D eigenvalue weighted by Crippen LogP contribution is 2.37. The van der Waals surface area contributed by atoms with E-state index in [1.165, 1.54) is 19.2 Å². The molecular formula is C22H20ClN3O6S. The van der Waals surface area contributed by atoms with E-state index < -0.39 is 24.4 Å². The van der Waals surface area contributed by atoms with Gasteiger partial charge in [0, 0.05) is 11.1 Å². The number of halogens is 1. The van der Waals surface area contributed by atoms with Crippen LogP contribution >= 0.6 is 22.9 Å². The molecule has 9 nitrogen and oxygen atoms in total. The first kappa shape index (κ1) is 24.0. The van der Waals surface area contributed by atoms with Gasteiger partial charge in [-0.1, -0.05) is 53.3 Å². The SMILES string of the molecule is CCOC(=O)c1sc(NC(=O)c2cc(Cl)c(OCC(N)=O)c(OC)c2)nc1-c1ccccc1. The molecule has 0 spiro atoms. The van der Waals surface area contributed by atoms with Gasteiger partial charge >= 0.3 is 5.97 Å². The number of carbonyl (C=O) groups excluding carboxylic acids is 3. The number of anilines is 1. The Balaban J connectivity index is 1.90. The molecule has 1 heterocycles. The van der Waals surface area contributed by atoms with Crippen LogP contribution < -0.4 is 20.5 Å². The van der Waals surface area contributed by atoms with Crippen LogP contribution in [0.5, 0.6) is 11.5 Å². The number of aromatic nitrogens is 1. The van der Waals surface area contributed by atoms with Crippen LogP contribution in [0, 0.1) is 0 Å². The summed E-state index contributed by atoms with van der Waals surface area (Å²) in [5.41, 5.74) is 6.35. The molecule has 0 aliphatic carbocycles. The molecule has 0 saturated heterocycles. The second kappa shape index (κ2) is 10.8. The molecule has 3 rings (SSSR count). The molecule has 172 valence electrons. The van der Waals surface area contributed by atoms with Crippen LogP contribution in [-0.4, -0.2) is 43.1 Å². The Kier molecular flexibility index (Phi) is 7.86. The van der Waals surface area contributed by atoms with Crippen LogP contribution in [0.15, 0.2) is 42.5 Å². The monoisotopic (exact) mass is 489 g/mol. The number of benzene rings is 2. The first-order chi connectivity index (χ1) is 15.8. The van der Waals surface area contributed by atoms with Gasteiger partial charge in [-0.3, -0.25) is 14.9 Å². The second-order valence-corrected chi connectivity index (χ2v) is 7.89. The highest BCUT2D eigenvalue weighted by atomic mass is 35.5. The van der Waals surface area contributed by atoms with Gasteiger partial charge in [-0.25, -0.2) is 9.78 Å². The van der Waals surface area contributed by atoms with E-state index in [2.05, 4.69) is 10.3 Å². The molecule has 0 radical (unpaired) electrons. The summed E-state index contributed by atoms with van der Waals surface area (Å²) in [4.78, 5) is 41.0. The van der Waals surface area contributed by atoms with Crippen molar-refractivity contribution < 1.29 is 28.6 Å². The third-order valence-electron chi connectivity index (χ3n) is 4.21. The van der Waals surface area contributed by atoms with E-state index in [9.17, 15) is 14.4 Å². The van der Waals surface area contributed by atoms with Crippen LogP contribution in [0.3, 0.4) is 0 Å². The highest BCUT2D eigenvalue weighted by molar-refractivity contribution is 7.18. The Hall–Kier alpha value is -3.63. The zero-order valence-electron chi connectivity index (χ0n) is 17.7. The van der Waals surface area contributed by atoms with E-state index in [1.807, 2.05) is 18.2 Å². The normalized spacial score (nSPS) is 10.4. The maximum Gasteiger partial charge on any atom is 0.350 e. The number of esters is 1. The average Bonchev–Trinajstić information content (AvgIpc) is 3.22. The van der Waals surface area contributed by atoms with Crippen molar-refractivity contribution in [2.75, 3.05) is 25.6 Å². The van der Waals surface area contributed by atoms with E-state index in [0.29, 0.717) is 11.3 Å². The number of hydrogen-bond acceptors (Lipinski definition) is 8. The fraction of sp³-hybridized carbons (Fsp3) is 0.182. The third-order valence-corrected chi connectivity index (χ3v) is 5.44. The summed E-state index contributed by atoms with van der Waals surface area (Å²) in [6, 6.07) is 11.8. The van der Waals surface area contributed by atoms with E-state index in [4.69, 9.17) is 31.5 Å². The number of ether oxygens (including phenoxy) is 3. The minimum absolute atomic E-state index is 0.0528. The fourth-order valence-corrected chi connectivity index (χ4v) is 3.95. The minimum atomic E-state index is -0.690. The van der Waals surface area contributed by atoms with E-state index in [-0.39, 0.29) is 38.7 Å². The molecule has 0 aliphatic heterocycles. The number of methoxy groups -OCH3 is 1. The van der Waals surface area contributed by atoms with Crippen molar-refractivity contribution in [2.24, 2.45) is 5.73 Å². The van der Waals surface area contributed by atoms with Gasteiger partial charge in [-0.05, 0) is 19.1 Å². The Bertz CT molecular complexity index is 1180. The number of primary amides is 1. The van der Waals surface area contributed by atoms with Crippen molar-refractivity contribution in [3.8, 4) is 22.8 Å². The van der Waals surface area contributed by atoms with Gasteiger partial charge in [0.2, 0.25) is 0 Å². The molecule has 0 fully saturated rings. The smallest absolute Gasteiger partial charge is 0.350 e. The van der Waals surface area contributed by atoms with Gasteiger partial charge in [0.05, 0.1) is 24.4 Å². The molecule has 2 aromatic carbocycles. The molecule has 0 aliphatic rings. The Morgan fingerprint density at radius 1 is 1.18 bits per heavy atom. The first-order valence-corrected chi connectivity index (χ1v) is 10.9. The summed E-state index contributed by atoms with van der Waals surface area (Å²) in [6.45, 7) is 1.51. The van der Waals surface area contributed by atoms with E-state index in [1.54, 1.807) is 19.1 Å². The molecule has 0 unspecified atom stereocenters. The molecule has 3 N–H and O–H groups in total. The van der Waals surface area contributed by atoms with E-state index >= 15 is 0 Å². The zero-order valence-corrected chi connectivity index (χ0v) is 19.3. The van der Waals surface area contributed by atoms with Crippen LogP contribution in [0.4, 0.5) is 5.13 Å². The van der Waals surface area contributed by atoms with Crippen molar-refractivity contribution >= 4 is 45.9 Å². The molecule has 3 aromatic rings. The number of amides is 2. The summed E-state index contributed by atoms with van der Waals surface area (Å²) >= 11 is 7.21. The first-order valence-electron chi connectivity index (χ1n) is 9.67. The lowest BCUT2D eigenvalue weighted by Crippen LogP contribution is -2.20. The highest BCUT2D eigenvalue weighted by Gasteiger charge is 2.23.